The summed E-state index contributed by atoms with van der Waals surface area (Å²) in [5.41, 5.74) is 0. The second-order valence-electron chi connectivity index (χ2n) is 1.94. The molecule has 0 heterocycles. The third kappa shape index (κ3) is 3.24. The van der Waals surface area contributed by atoms with Gasteiger partial charge in [0.2, 0.25) is 5.78 Å². The summed E-state index contributed by atoms with van der Waals surface area (Å²) in [5.74, 6) is -1.07. The number of Topliss-reactive ketones (excluding diaryl/α,β-unsaturated/α-hetero) is 1. The molecule has 0 fully saturated rings. The summed E-state index contributed by atoms with van der Waals surface area (Å²) in [6.45, 7) is 1.62. The number of ketones is 1. The summed E-state index contributed by atoms with van der Waals surface area (Å²) >= 11 is 0. The highest BCUT2D eigenvalue weighted by Gasteiger charge is 2.25. The fourth-order valence-corrected chi connectivity index (χ4v) is 0.863. The van der Waals surface area contributed by atoms with E-state index in [1.165, 1.54) is 0 Å². The van der Waals surface area contributed by atoms with Gasteiger partial charge in [0, 0.05) is 6.42 Å². The zero-order valence-corrected chi connectivity index (χ0v) is 6.72. The van der Waals surface area contributed by atoms with Gasteiger partial charge in [-0.1, -0.05) is 6.92 Å². The molecule has 0 aromatic carbocycles. The summed E-state index contributed by atoms with van der Waals surface area (Å²) in [6, 6.07) is 0. The molecule has 0 radical (unpaired) electrons. The first-order chi connectivity index (χ1) is 4.89. The Kier molecular flexibility index (Phi) is 3.34. The molecule has 0 spiro atoms. The Balaban J connectivity index is 4.41. The molecule has 64 valence electrons. The molecule has 0 unspecified atom stereocenters. The Bertz CT molecular complexity index is 263. The lowest BCUT2D eigenvalue weighted by Crippen LogP contribution is -2.22. The van der Waals surface area contributed by atoms with Crippen LogP contribution in [0.4, 0.5) is 0 Å². The molecule has 0 amide bonds. The predicted octanol–water partition coefficient (Wildman–Crippen LogP) is -0.230. The first-order valence-electron chi connectivity index (χ1n) is 2.94. The smallest absolute Gasteiger partial charge is 0.290 e. The molecule has 0 aromatic heterocycles. The van der Waals surface area contributed by atoms with Crippen LogP contribution in [0.1, 0.15) is 19.8 Å². The highest BCUT2D eigenvalue weighted by molar-refractivity contribution is 8.03. The Morgan fingerprint density at radius 3 is 2.09 bits per heavy atom. The minimum absolute atomic E-state index is 0.154. The maximum atomic E-state index is 10.5. The Morgan fingerprint density at radius 1 is 1.36 bits per heavy atom. The first-order valence-corrected chi connectivity index (χ1v) is 4.38. The van der Waals surface area contributed by atoms with Crippen LogP contribution in [0.5, 0.6) is 0 Å². The number of hydrogen-bond donors (Lipinski definition) is 1. The van der Waals surface area contributed by atoms with E-state index in [4.69, 9.17) is 4.55 Å². The van der Waals surface area contributed by atoms with Crippen molar-refractivity contribution in [3.8, 4) is 0 Å². The van der Waals surface area contributed by atoms with Crippen LogP contribution in [-0.2, 0) is 19.7 Å². The molecule has 0 aliphatic rings. The Morgan fingerprint density at radius 2 is 1.82 bits per heavy atom. The van der Waals surface area contributed by atoms with E-state index in [-0.39, 0.29) is 6.42 Å². The van der Waals surface area contributed by atoms with E-state index in [1.807, 2.05) is 0 Å². The van der Waals surface area contributed by atoms with Crippen LogP contribution in [0.3, 0.4) is 0 Å². The van der Waals surface area contributed by atoms with Crippen LogP contribution in [0.2, 0.25) is 0 Å². The zero-order valence-electron chi connectivity index (χ0n) is 5.90. The third-order valence-corrected chi connectivity index (χ3v) is 1.64. The van der Waals surface area contributed by atoms with Gasteiger partial charge in [-0.2, -0.15) is 8.42 Å². The number of hydrogen-bond acceptors (Lipinski definition) is 4. The fourth-order valence-electron chi connectivity index (χ4n) is 0.473. The van der Waals surface area contributed by atoms with Crippen molar-refractivity contribution >= 4 is 21.0 Å². The number of carbonyl (C=O) groups is 2. The van der Waals surface area contributed by atoms with E-state index in [2.05, 4.69) is 0 Å². The minimum atomic E-state index is -4.81. The molecule has 0 atom stereocenters. The molecule has 1 N–H and O–H groups in total. The van der Waals surface area contributed by atoms with E-state index in [0.717, 1.165) is 0 Å². The van der Waals surface area contributed by atoms with Gasteiger partial charge < -0.3 is 0 Å². The Hall–Kier alpha value is -0.750. The van der Waals surface area contributed by atoms with Crippen LogP contribution < -0.4 is 0 Å². The maximum absolute atomic E-state index is 10.5. The molecule has 11 heavy (non-hydrogen) atoms. The van der Waals surface area contributed by atoms with E-state index in [0.29, 0.717) is 6.42 Å². The predicted molar refractivity (Wildman–Crippen MR) is 36.5 cm³/mol. The van der Waals surface area contributed by atoms with Gasteiger partial charge in [-0.15, -0.1) is 0 Å². The maximum Gasteiger partial charge on any atom is 0.338 e. The summed E-state index contributed by atoms with van der Waals surface area (Å²) in [7, 11) is -4.81. The standard InChI is InChI=1S/C5H8O5S/c1-2-3-4(6)5(7)11(8,9)10/h2-3H2,1H3,(H,8,9,10). The average molecular weight is 180 g/mol. The molecule has 0 aromatic rings. The van der Waals surface area contributed by atoms with Gasteiger partial charge in [0.25, 0.3) is 0 Å². The highest BCUT2D eigenvalue weighted by atomic mass is 32.2. The first kappa shape index (κ1) is 10.2. The zero-order chi connectivity index (χ0) is 9.07. The van der Waals surface area contributed by atoms with Crippen LogP contribution in [-0.4, -0.2) is 23.9 Å². The molecule has 0 rings (SSSR count). The molecular weight excluding hydrogens is 172 g/mol. The van der Waals surface area contributed by atoms with Gasteiger partial charge >= 0.3 is 15.2 Å². The van der Waals surface area contributed by atoms with Gasteiger partial charge in [-0.3, -0.25) is 14.1 Å². The van der Waals surface area contributed by atoms with Crippen molar-refractivity contribution in [2.45, 2.75) is 19.8 Å². The van der Waals surface area contributed by atoms with Crippen molar-refractivity contribution in [3.05, 3.63) is 0 Å². The van der Waals surface area contributed by atoms with E-state index >= 15 is 0 Å². The van der Waals surface area contributed by atoms with Crippen LogP contribution in [0.25, 0.3) is 0 Å². The van der Waals surface area contributed by atoms with Gasteiger partial charge in [0.1, 0.15) is 0 Å². The van der Waals surface area contributed by atoms with Crippen molar-refractivity contribution in [2.24, 2.45) is 0 Å². The summed E-state index contributed by atoms with van der Waals surface area (Å²) in [5, 5.41) is -1.72. The van der Waals surface area contributed by atoms with Crippen LogP contribution in [0.15, 0.2) is 0 Å². The molecule has 0 aliphatic heterocycles. The van der Waals surface area contributed by atoms with Crippen LogP contribution in [0, 0.1) is 0 Å². The summed E-state index contributed by atoms with van der Waals surface area (Å²) < 4.78 is 28.2. The van der Waals surface area contributed by atoms with Crippen molar-refractivity contribution in [1.29, 1.82) is 0 Å². The van der Waals surface area contributed by atoms with Gasteiger partial charge in [0.15, 0.2) is 0 Å². The van der Waals surface area contributed by atoms with Gasteiger partial charge in [-0.05, 0) is 6.42 Å². The molecule has 0 saturated heterocycles. The second kappa shape index (κ2) is 3.59. The lowest BCUT2D eigenvalue weighted by molar-refractivity contribution is -0.132. The lowest BCUT2D eigenvalue weighted by atomic mass is 10.2. The summed E-state index contributed by atoms with van der Waals surface area (Å²) in [6.07, 6.45) is 0.221. The largest absolute Gasteiger partial charge is 0.338 e. The number of rotatable bonds is 3. The normalized spacial score (nSPS) is 11.1. The van der Waals surface area contributed by atoms with Crippen molar-refractivity contribution in [2.75, 3.05) is 0 Å². The van der Waals surface area contributed by atoms with E-state index in [9.17, 15) is 18.0 Å². The minimum Gasteiger partial charge on any atom is -0.290 e. The SMILES string of the molecule is CCCC(=O)C(=O)S(=O)(=O)O. The lowest BCUT2D eigenvalue weighted by Gasteiger charge is -1.92. The van der Waals surface area contributed by atoms with E-state index in [1.54, 1.807) is 6.92 Å². The molecule has 0 aliphatic carbocycles. The fraction of sp³-hybridized carbons (Fsp3) is 0.600. The monoisotopic (exact) mass is 180 g/mol. The molecule has 0 saturated carbocycles. The molecule has 0 bridgehead atoms. The van der Waals surface area contributed by atoms with Crippen LogP contribution >= 0.6 is 0 Å². The van der Waals surface area contributed by atoms with Crippen molar-refractivity contribution < 1.29 is 22.6 Å². The molecular formula is C5H8O5S. The van der Waals surface area contributed by atoms with E-state index < -0.39 is 21.0 Å². The topological polar surface area (TPSA) is 88.5 Å². The van der Waals surface area contributed by atoms with Crippen molar-refractivity contribution in [3.63, 3.8) is 0 Å². The van der Waals surface area contributed by atoms with Gasteiger partial charge in [0.05, 0.1) is 0 Å². The molecule has 6 heteroatoms. The quantitative estimate of drug-likeness (QED) is 0.478. The average Bonchev–Trinajstić information content (AvgIpc) is 1.85. The molecule has 5 nitrogen and oxygen atoms in total. The van der Waals surface area contributed by atoms with Crippen molar-refractivity contribution in [1.82, 2.24) is 0 Å². The second-order valence-corrected chi connectivity index (χ2v) is 3.26. The number of carbonyl (C=O) groups excluding carboxylic acids is 2. The Labute approximate surface area is 64.2 Å². The van der Waals surface area contributed by atoms with Gasteiger partial charge in [-0.25, -0.2) is 0 Å². The highest BCUT2D eigenvalue weighted by Crippen LogP contribution is 1.95. The summed E-state index contributed by atoms with van der Waals surface area (Å²) in [4.78, 5) is 20.9. The third-order valence-electron chi connectivity index (χ3n) is 0.939.